The number of rotatable bonds is 4. The van der Waals surface area contributed by atoms with Crippen LogP contribution in [0.1, 0.15) is 37.8 Å². The topological polar surface area (TPSA) is 78.5 Å². The van der Waals surface area contributed by atoms with Crippen molar-refractivity contribution in [1.29, 1.82) is 0 Å². The summed E-state index contributed by atoms with van der Waals surface area (Å²) in [6.45, 7) is 3.63. The molecule has 1 aromatic carbocycles. The standard InChI is InChI=1S/C18H23N3O3/c1-3-12(2)19-15(22)11-21-16(23)18(20-17(21)24)9-8-13-6-4-5-7-14(13)10-18/h4-7,12H,3,8-11H2,1-2H3,(H,19,22)(H,20,24)/t12-,18+/m1/s1. The monoisotopic (exact) mass is 329 g/mol. The second-order valence-electron chi connectivity index (χ2n) is 6.73. The molecule has 1 fully saturated rings. The van der Waals surface area contributed by atoms with E-state index in [1.807, 2.05) is 32.0 Å². The van der Waals surface area contributed by atoms with Crippen LogP contribution in [0.4, 0.5) is 4.79 Å². The molecule has 24 heavy (non-hydrogen) atoms. The average molecular weight is 329 g/mol. The van der Waals surface area contributed by atoms with Crippen LogP contribution in [-0.4, -0.2) is 40.9 Å². The highest BCUT2D eigenvalue weighted by molar-refractivity contribution is 6.09. The quantitative estimate of drug-likeness (QED) is 0.819. The van der Waals surface area contributed by atoms with Crippen LogP contribution >= 0.6 is 0 Å². The summed E-state index contributed by atoms with van der Waals surface area (Å²) < 4.78 is 0. The Labute approximate surface area is 141 Å². The predicted octanol–water partition coefficient (Wildman–Crippen LogP) is 1.38. The number of benzene rings is 1. The lowest BCUT2D eigenvalue weighted by Gasteiger charge is -2.32. The third-order valence-corrected chi connectivity index (χ3v) is 5.00. The van der Waals surface area contributed by atoms with E-state index in [1.54, 1.807) is 0 Å². The molecule has 6 nitrogen and oxygen atoms in total. The van der Waals surface area contributed by atoms with Crippen molar-refractivity contribution in [2.45, 2.75) is 51.1 Å². The Balaban J connectivity index is 1.74. The SMILES string of the molecule is CC[C@@H](C)NC(=O)CN1C(=O)N[C@]2(CCc3ccccc3C2)C1=O. The van der Waals surface area contributed by atoms with Gasteiger partial charge in [0.1, 0.15) is 12.1 Å². The van der Waals surface area contributed by atoms with Crippen molar-refractivity contribution in [3.8, 4) is 0 Å². The first kappa shape index (κ1) is 16.5. The van der Waals surface area contributed by atoms with Crippen LogP contribution in [-0.2, 0) is 22.4 Å². The van der Waals surface area contributed by atoms with E-state index in [9.17, 15) is 14.4 Å². The number of aryl methyl sites for hydroxylation is 1. The average Bonchev–Trinajstić information content (AvgIpc) is 2.78. The lowest BCUT2D eigenvalue weighted by molar-refractivity contribution is -0.135. The van der Waals surface area contributed by atoms with Crippen molar-refractivity contribution in [1.82, 2.24) is 15.5 Å². The summed E-state index contributed by atoms with van der Waals surface area (Å²) in [7, 11) is 0. The minimum Gasteiger partial charge on any atom is -0.352 e. The first-order valence-corrected chi connectivity index (χ1v) is 8.45. The highest BCUT2D eigenvalue weighted by atomic mass is 16.2. The van der Waals surface area contributed by atoms with Gasteiger partial charge in [0.2, 0.25) is 5.91 Å². The number of nitrogens with zero attached hydrogens (tertiary/aromatic N) is 1. The molecule has 0 bridgehead atoms. The van der Waals surface area contributed by atoms with Gasteiger partial charge in [-0.3, -0.25) is 14.5 Å². The van der Waals surface area contributed by atoms with Crippen LogP contribution in [0.15, 0.2) is 24.3 Å². The molecule has 1 aromatic rings. The lowest BCUT2D eigenvalue weighted by Crippen LogP contribution is -2.51. The van der Waals surface area contributed by atoms with E-state index < -0.39 is 11.6 Å². The molecule has 4 amide bonds. The first-order chi connectivity index (χ1) is 11.4. The molecular formula is C18H23N3O3. The molecule has 0 saturated carbocycles. The van der Waals surface area contributed by atoms with E-state index in [0.29, 0.717) is 12.8 Å². The number of imide groups is 1. The highest BCUT2D eigenvalue weighted by Crippen LogP contribution is 2.33. The number of amides is 4. The van der Waals surface area contributed by atoms with Gasteiger partial charge >= 0.3 is 6.03 Å². The third-order valence-electron chi connectivity index (χ3n) is 5.00. The van der Waals surface area contributed by atoms with Crippen LogP contribution in [0, 0.1) is 0 Å². The Hall–Kier alpha value is -2.37. The summed E-state index contributed by atoms with van der Waals surface area (Å²) in [5.41, 5.74) is 1.41. The zero-order chi connectivity index (χ0) is 17.3. The van der Waals surface area contributed by atoms with E-state index >= 15 is 0 Å². The third kappa shape index (κ3) is 2.88. The molecule has 6 heteroatoms. The second kappa shape index (κ2) is 6.26. The van der Waals surface area contributed by atoms with Crippen molar-refractivity contribution in [3.05, 3.63) is 35.4 Å². The Morgan fingerprint density at radius 1 is 1.33 bits per heavy atom. The van der Waals surface area contributed by atoms with Gasteiger partial charge in [0.15, 0.2) is 0 Å². The molecule has 3 rings (SSSR count). The molecule has 2 N–H and O–H groups in total. The van der Waals surface area contributed by atoms with Crippen molar-refractivity contribution < 1.29 is 14.4 Å². The molecule has 128 valence electrons. The van der Waals surface area contributed by atoms with Gasteiger partial charge in [0.25, 0.3) is 5.91 Å². The maximum Gasteiger partial charge on any atom is 0.325 e. The van der Waals surface area contributed by atoms with Crippen molar-refractivity contribution in [2.75, 3.05) is 6.54 Å². The van der Waals surface area contributed by atoms with E-state index in [2.05, 4.69) is 16.7 Å². The Bertz CT molecular complexity index is 688. The fourth-order valence-electron chi connectivity index (χ4n) is 3.41. The fraction of sp³-hybridized carbons (Fsp3) is 0.500. The van der Waals surface area contributed by atoms with Crippen LogP contribution in [0.3, 0.4) is 0 Å². The second-order valence-corrected chi connectivity index (χ2v) is 6.73. The molecule has 1 aliphatic heterocycles. The summed E-state index contributed by atoms with van der Waals surface area (Å²) in [4.78, 5) is 38.2. The van der Waals surface area contributed by atoms with Gasteiger partial charge in [-0.15, -0.1) is 0 Å². The van der Waals surface area contributed by atoms with Crippen LogP contribution in [0.25, 0.3) is 0 Å². The number of fused-ring (bicyclic) bond motifs is 1. The smallest absolute Gasteiger partial charge is 0.325 e. The normalized spacial score (nSPS) is 23.8. The Morgan fingerprint density at radius 3 is 2.75 bits per heavy atom. The summed E-state index contributed by atoms with van der Waals surface area (Å²) in [6.07, 6.45) is 2.59. The van der Waals surface area contributed by atoms with Crippen LogP contribution in [0.2, 0.25) is 0 Å². The number of carbonyl (C=O) groups is 3. The largest absolute Gasteiger partial charge is 0.352 e. The molecular weight excluding hydrogens is 306 g/mol. The number of urea groups is 1. The first-order valence-electron chi connectivity index (χ1n) is 8.45. The van der Waals surface area contributed by atoms with Gasteiger partial charge in [0.05, 0.1) is 0 Å². The lowest BCUT2D eigenvalue weighted by atomic mass is 9.78. The zero-order valence-electron chi connectivity index (χ0n) is 14.1. The van der Waals surface area contributed by atoms with Gasteiger partial charge in [0, 0.05) is 12.5 Å². The van der Waals surface area contributed by atoms with Crippen molar-refractivity contribution in [2.24, 2.45) is 0 Å². The fourth-order valence-corrected chi connectivity index (χ4v) is 3.41. The van der Waals surface area contributed by atoms with E-state index in [0.717, 1.165) is 23.3 Å². The predicted molar refractivity (Wildman–Crippen MR) is 89.3 cm³/mol. The highest BCUT2D eigenvalue weighted by Gasteiger charge is 2.52. The maximum absolute atomic E-state index is 12.9. The summed E-state index contributed by atoms with van der Waals surface area (Å²) in [5, 5.41) is 5.63. The minimum absolute atomic E-state index is 0.0220. The molecule has 2 atom stereocenters. The molecule has 1 saturated heterocycles. The van der Waals surface area contributed by atoms with Crippen molar-refractivity contribution >= 4 is 17.8 Å². The minimum atomic E-state index is -0.901. The van der Waals surface area contributed by atoms with Gasteiger partial charge in [-0.2, -0.15) is 0 Å². The number of nitrogens with one attached hydrogen (secondary N) is 2. The van der Waals surface area contributed by atoms with Crippen LogP contribution < -0.4 is 10.6 Å². The van der Waals surface area contributed by atoms with Crippen LogP contribution in [0.5, 0.6) is 0 Å². The van der Waals surface area contributed by atoms with Gasteiger partial charge in [-0.1, -0.05) is 31.2 Å². The van der Waals surface area contributed by atoms with E-state index in [-0.39, 0.29) is 24.4 Å². The summed E-state index contributed by atoms with van der Waals surface area (Å²) in [5.74, 6) is -0.595. The Kier molecular flexibility index (Phi) is 4.30. The van der Waals surface area contributed by atoms with Gasteiger partial charge in [-0.25, -0.2) is 4.79 Å². The van der Waals surface area contributed by atoms with E-state index in [4.69, 9.17) is 0 Å². The van der Waals surface area contributed by atoms with Gasteiger partial charge < -0.3 is 10.6 Å². The van der Waals surface area contributed by atoms with Crippen molar-refractivity contribution in [3.63, 3.8) is 0 Å². The molecule has 0 aromatic heterocycles. The summed E-state index contributed by atoms with van der Waals surface area (Å²) in [6, 6.07) is 7.52. The number of carbonyl (C=O) groups excluding carboxylic acids is 3. The molecule has 1 spiro atoms. The van der Waals surface area contributed by atoms with Gasteiger partial charge in [-0.05, 0) is 37.3 Å². The maximum atomic E-state index is 12.9. The Morgan fingerprint density at radius 2 is 2.04 bits per heavy atom. The van der Waals surface area contributed by atoms with E-state index in [1.165, 1.54) is 5.56 Å². The molecule has 0 radical (unpaired) electrons. The zero-order valence-corrected chi connectivity index (χ0v) is 14.1. The summed E-state index contributed by atoms with van der Waals surface area (Å²) >= 11 is 0. The molecule has 2 aliphatic rings. The molecule has 0 unspecified atom stereocenters. The molecule has 1 heterocycles. The number of hydrogen-bond acceptors (Lipinski definition) is 3. The molecule has 1 aliphatic carbocycles. The number of hydrogen-bond donors (Lipinski definition) is 2.